The van der Waals surface area contributed by atoms with Crippen molar-refractivity contribution in [3.63, 3.8) is 0 Å². The summed E-state index contributed by atoms with van der Waals surface area (Å²) in [5.74, 6) is 2.54. The van der Waals surface area contributed by atoms with Crippen LogP contribution in [0.25, 0.3) is 0 Å². The van der Waals surface area contributed by atoms with Crippen molar-refractivity contribution in [2.24, 2.45) is 17.8 Å². The van der Waals surface area contributed by atoms with Crippen LogP contribution in [0.4, 0.5) is 0 Å². The van der Waals surface area contributed by atoms with E-state index < -0.39 is 6.04 Å². The van der Waals surface area contributed by atoms with Crippen molar-refractivity contribution in [2.75, 3.05) is 12.3 Å². The number of hydrogen-bond acceptors (Lipinski definition) is 5. The third kappa shape index (κ3) is 5.84. The summed E-state index contributed by atoms with van der Waals surface area (Å²) in [5, 5.41) is 10.0. The fraction of sp³-hybridized carbons (Fsp3) is 0.875. The van der Waals surface area contributed by atoms with Gasteiger partial charge in [0, 0.05) is 18.0 Å². The van der Waals surface area contributed by atoms with Crippen LogP contribution in [0, 0.1) is 17.8 Å². The molecule has 0 aromatic rings. The second kappa shape index (κ2) is 10.7. The molecule has 2 saturated heterocycles. The summed E-state index contributed by atoms with van der Waals surface area (Å²) < 4.78 is 0. The van der Waals surface area contributed by atoms with E-state index in [-0.39, 0.29) is 34.8 Å². The van der Waals surface area contributed by atoms with Crippen LogP contribution in [0.5, 0.6) is 0 Å². The third-order valence-corrected chi connectivity index (χ3v) is 9.49. The summed E-state index contributed by atoms with van der Waals surface area (Å²) in [7, 11) is 0. The first-order valence-corrected chi connectivity index (χ1v) is 13.5. The Morgan fingerprint density at radius 1 is 1.00 bits per heavy atom. The Balaban J connectivity index is 1.37. The lowest BCUT2D eigenvalue weighted by molar-refractivity contribution is -0.130. The average molecular weight is 450 g/mol. The standard InChI is InChI=1S/C24H39N3O3S/c1-15(28)16-8-10-18(11-9-16)26-23(29)21(27-24(30)22-7-4-12-31-22)13-17-14-25-20-6-3-2-5-19(17)20/h16-22,25H,2-14H2,1H3,(H,26,29)(H,27,30). The highest BCUT2D eigenvalue weighted by molar-refractivity contribution is 8.00. The minimum atomic E-state index is -0.452. The van der Waals surface area contributed by atoms with Gasteiger partial charge in [-0.25, -0.2) is 0 Å². The topological polar surface area (TPSA) is 87.3 Å². The van der Waals surface area contributed by atoms with Gasteiger partial charge in [-0.15, -0.1) is 11.8 Å². The Labute approximate surface area is 190 Å². The van der Waals surface area contributed by atoms with Crippen molar-refractivity contribution >= 4 is 29.4 Å². The number of fused-ring (bicyclic) bond motifs is 1. The molecule has 4 rings (SSSR count). The second-order valence-electron chi connectivity index (χ2n) is 10.2. The number of carbonyl (C=O) groups excluding carboxylic acids is 3. The molecule has 0 bridgehead atoms. The van der Waals surface area contributed by atoms with E-state index in [0.717, 1.165) is 57.2 Å². The molecule has 7 heteroatoms. The zero-order chi connectivity index (χ0) is 21.8. The number of amides is 2. The lowest BCUT2D eigenvalue weighted by Gasteiger charge is -2.32. The lowest BCUT2D eigenvalue weighted by Crippen LogP contribution is -2.52. The Hall–Kier alpha value is -1.08. The molecule has 4 aliphatic rings. The number of thioether (sulfide) groups is 1. The van der Waals surface area contributed by atoms with Gasteiger partial charge in [-0.2, -0.15) is 0 Å². The molecule has 3 N–H and O–H groups in total. The first-order chi connectivity index (χ1) is 15.0. The lowest BCUT2D eigenvalue weighted by atomic mass is 9.77. The van der Waals surface area contributed by atoms with Gasteiger partial charge in [0.15, 0.2) is 0 Å². The van der Waals surface area contributed by atoms with Crippen LogP contribution in [0.3, 0.4) is 0 Å². The monoisotopic (exact) mass is 449 g/mol. The first-order valence-electron chi connectivity index (χ1n) is 12.5. The molecule has 0 aromatic heterocycles. The van der Waals surface area contributed by atoms with Gasteiger partial charge in [0.2, 0.25) is 11.8 Å². The van der Waals surface area contributed by atoms with E-state index >= 15 is 0 Å². The molecule has 2 saturated carbocycles. The highest BCUT2D eigenvalue weighted by Gasteiger charge is 2.40. The Bertz CT molecular complexity index is 658. The molecule has 2 heterocycles. The Morgan fingerprint density at radius 3 is 2.48 bits per heavy atom. The van der Waals surface area contributed by atoms with Crippen LogP contribution in [0.1, 0.15) is 77.6 Å². The zero-order valence-electron chi connectivity index (χ0n) is 18.9. The number of carbonyl (C=O) groups is 3. The number of Topliss-reactive ketones (excluding diaryl/α,β-unsaturated/α-hetero) is 1. The zero-order valence-corrected chi connectivity index (χ0v) is 19.7. The van der Waals surface area contributed by atoms with Gasteiger partial charge < -0.3 is 16.0 Å². The predicted octanol–water partition coefficient (Wildman–Crippen LogP) is 2.80. The van der Waals surface area contributed by atoms with Crippen molar-refractivity contribution in [3.8, 4) is 0 Å². The summed E-state index contributed by atoms with van der Waals surface area (Å²) in [6.45, 7) is 2.63. The predicted molar refractivity (Wildman–Crippen MR) is 124 cm³/mol. The van der Waals surface area contributed by atoms with Gasteiger partial charge in [-0.1, -0.05) is 12.8 Å². The van der Waals surface area contributed by atoms with Gasteiger partial charge in [0.25, 0.3) is 0 Å². The molecule has 6 nitrogen and oxygen atoms in total. The van der Waals surface area contributed by atoms with E-state index in [1.165, 1.54) is 25.7 Å². The summed E-state index contributed by atoms with van der Waals surface area (Å²) in [6.07, 6.45) is 11.2. The number of ketones is 1. The maximum absolute atomic E-state index is 13.3. The van der Waals surface area contributed by atoms with Crippen molar-refractivity contribution in [1.82, 2.24) is 16.0 Å². The normalized spacial score (nSPS) is 36.4. The second-order valence-corrected chi connectivity index (χ2v) is 11.5. The van der Waals surface area contributed by atoms with Gasteiger partial charge in [-0.3, -0.25) is 14.4 Å². The van der Waals surface area contributed by atoms with E-state index in [0.29, 0.717) is 17.9 Å². The summed E-state index contributed by atoms with van der Waals surface area (Å²) in [6, 6.07) is 0.254. The van der Waals surface area contributed by atoms with E-state index in [1.807, 2.05) is 0 Å². The molecule has 5 unspecified atom stereocenters. The fourth-order valence-electron chi connectivity index (χ4n) is 6.22. The fourth-order valence-corrected chi connectivity index (χ4v) is 7.39. The molecule has 0 radical (unpaired) electrons. The molecule has 2 amide bonds. The molecular weight excluding hydrogens is 410 g/mol. The van der Waals surface area contributed by atoms with Crippen molar-refractivity contribution in [2.45, 2.75) is 101 Å². The molecule has 0 aromatic carbocycles. The molecule has 5 atom stereocenters. The Morgan fingerprint density at radius 2 is 1.77 bits per heavy atom. The summed E-state index contributed by atoms with van der Waals surface area (Å²) in [4.78, 5) is 37.8. The van der Waals surface area contributed by atoms with E-state index in [2.05, 4.69) is 16.0 Å². The summed E-state index contributed by atoms with van der Waals surface area (Å²) >= 11 is 1.72. The minimum Gasteiger partial charge on any atom is -0.352 e. The quantitative estimate of drug-likeness (QED) is 0.556. The van der Waals surface area contributed by atoms with Crippen LogP contribution in [-0.4, -0.2) is 53.3 Å². The minimum absolute atomic E-state index is 0.00885. The molecule has 4 fully saturated rings. The van der Waals surface area contributed by atoms with Crippen LogP contribution < -0.4 is 16.0 Å². The Kier molecular flexibility index (Phi) is 7.96. The largest absolute Gasteiger partial charge is 0.352 e. The number of nitrogens with one attached hydrogen (secondary N) is 3. The average Bonchev–Trinajstić information content (AvgIpc) is 3.44. The van der Waals surface area contributed by atoms with Crippen LogP contribution in [0.2, 0.25) is 0 Å². The highest BCUT2D eigenvalue weighted by atomic mass is 32.2. The SMILES string of the molecule is CC(=O)C1CCC(NC(=O)C(CC2CNC3CCCCC23)NC(=O)C2CCCS2)CC1. The van der Waals surface area contributed by atoms with Gasteiger partial charge in [0.1, 0.15) is 11.8 Å². The van der Waals surface area contributed by atoms with Gasteiger partial charge >= 0.3 is 0 Å². The smallest absolute Gasteiger partial charge is 0.242 e. The summed E-state index contributed by atoms with van der Waals surface area (Å²) in [5.41, 5.74) is 0. The number of hydrogen-bond donors (Lipinski definition) is 3. The van der Waals surface area contributed by atoms with Crippen molar-refractivity contribution < 1.29 is 14.4 Å². The molecule has 0 spiro atoms. The van der Waals surface area contributed by atoms with Crippen LogP contribution >= 0.6 is 11.8 Å². The maximum atomic E-state index is 13.3. The highest BCUT2D eigenvalue weighted by Crippen LogP contribution is 2.37. The van der Waals surface area contributed by atoms with Crippen molar-refractivity contribution in [1.29, 1.82) is 0 Å². The molecule has 174 valence electrons. The van der Waals surface area contributed by atoms with Crippen LogP contribution in [-0.2, 0) is 14.4 Å². The maximum Gasteiger partial charge on any atom is 0.242 e. The van der Waals surface area contributed by atoms with Gasteiger partial charge in [-0.05, 0) is 88.8 Å². The van der Waals surface area contributed by atoms with E-state index in [4.69, 9.17) is 0 Å². The molecule has 2 aliphatic heterocycles. The third-order valence-electron chi connectivity index (χ3n) is 8.11. The van der Waals surface area contributed by atoms with Gasteiger partial charge in [0.05, 0.1) is 5.25 Å². The molecular formula is C24H39N3O3S. The van der Waals surface area contributed by atoms with Crippen molar-refractivity contribution in [3.05, 3.63) is 0 Å². The first kappa shape index (κ1) is 23.1. The van der Waals surface area contributed by atoms with E-state index in [1.54, 1.807) is 18.7 Å². The molecule has 31 heavy (non-hydrogen) atoms. The molecule has 2 aliphatic carbocycles. The van der Waals surface area contributed by atoms with E-state index in [9.17, 15) is 14.4 Å². The van der Waals surface area contributed by atoms with Crippen LogP contribution in [0.15, 0.2) is 0 Å². The number of rotatable bonds is 7.